The van der Waals surface area contributed by atoms with Crippen molar-refractivity contribution in [1.82, 2.24) is 19.2 Å². The zero-order valence-electron chi connectivity index (χ0n) is 16.8. The molecule has 3 aliphatic rings. The summed E-state index contributed by atoms with van der Waals surface area (Å²) in [6, 6.07) is 8.16. The molecule has 1 amide bonds. The molecule has 2 bridgehead atoms. The van der Waals surface area contributed by atoms with Crippen LogP contribution in [0, 0.1) is 5.92 Å². The van der Waals surface area contributed by atoms with Gasteiger partial charge in [-0.1, -0.05) is 18.2 Å². The van der Waals surface area contributed by atoms with Crippen LogP contribution in [0.2, 0.25) is 0 Å². The van der Waals surface area contributed by atoms with Gasteiger partial charge in [0.25, 0.3) is 0 Å². The van der Waals surface area contributed by atoms with Gasteiger partial charge in [-0.25, -0.2) is 17.9 Å². The zero-order valence-corrected chi connectivity index (χ0v) is 17.6. The van der Waals surface area contributed by atoms with Crippen LogP contribution in [0.5, 0.6) is 0 Å². The van der Waals surface area contributed by atoms with E-state index in [-0.39, 0.29) is 40.7 Å². The predicted molar refractivity (Wildman–Crippen MR) is 110 cm³/mol. The summed E-state index contributed by atoms with van der Waals surface area (Å²) in [5.74, 6) is 0.974. The number of carbonyl (C=O) groups is 1. The Morgan fingerprint density at radius 1 is 1.07 bits per heavy atom. The predicted octanol–water partition coefficient (Wildman–Crippen LogP) is 1.23. The summed E-state index contributed by atoms with van der Waals surface area (Å²) in [7, 11) is -3.50. The molecule has 30 heavy (non-hydrogen) atoms. The fraction of sp³-hybridized carbons (Fsp3) is 0.571. The first-order valence-corrected chi connectivity index (χ1v) is 12.3. The lowest BCUT2D eigenvalue weighted by molar-refractivity contribution is -0.133. The second-order valence-electron chi connectivity index (χ2n) is 8.71. The van der Waals surface area contributed by atoms with Crippen LogP contribution in [-0.4, -0.2) is 51.4 Å². The molecule has 1 saturated carbocycles. The molecule has 2 unspecified atom stereocenters. The van der Waals surface area contributed by atoms with Crippen molar-refractivity contribution in [3.63, 3.8) is 0 Å². The number of aromatic nitrogens is 3. The first kappa shape index (κ1) is 19.5. The first-order chi connectivity index (χ1) is 14.4. The van der Waals surface area contributed by atoms with Crippen LogP contribution < -0.4 is 5.69 Å². The molecule has 8 nitrogen and oxygen atoms in total. The standard InChI is InChI=1S/C21H26N4O4S/c26-20(10-11-30(28,29)18-4-2-1-3-5-18)25-16-8-9-17(25)14-23-19(12-16)22-24(21(23)27)13-15-6-7-15/h1-5,15-17H,6-14H2. The van der Waals surface area contributed by atoms with E-state index in [1.54, 1.807) is 39.6 Å². The van der Waals surface area contributed by atoms with Crippen LogP contribution in [0.4, 0.5) is 0 Å². The SMILES string of the molecule is O=C(CCS(=O)(=O)c1ccccc1)N1C2CCC1Cn1c(nn(CC3CC3)c1=O)C2. The lowest BCUT2D eigenvalue weighted by Crippen LogP contribution is -2.43. The highest BCUT2D eigenvalue weighted by atomic mass is 32.2. The fourth-order valence-electron chi connectivity index (χ4n) is 4.75. The molecule has 9 heteroatoms. The maximum absolute atomic E-state index is 13.0. The van der Waals surface area contributed by atoms with Crippen molar-refractivity contribution in [3.8, 4) is 0 Å². The number of rotatable bonds is 6. The van der Waals surface area contributed by atoms with Gasteiger partial charge in [-0.2, -0.15) is 5.10 Å². The first-order valence-electron chi connectivity index (χ1n) is 10.7. The normalized spacial score (nSPS) is 23.3. The molecule has 1 aromatic heterocycles. The summed E-state index contributed by atoms with van der Waals surface area (Å²) in [6.45, 7) is 1.14. The minimum Gasteiger partial charge on any atom is -0.334 e. The van der Waals surface area contributed by atoms with E-state index in [0.29, 0.717) is 25.4 Å². The summed E-state index contributed by atoms with van der Waals surface area (Å²) < 4.78 is 28.4. The number of hydrogen-bond donors (Lipinski definition) is 0. The summed E-state index contributed by atoms with van der Waals surface area (Å²) in [6.07, 6.45) is 4.54. The van der Waals surface area contributed by atoms with E-state index in [9.17, 15) is 18.0 Å². The Hall–Kier alpha value is -2.42. The smallest absolute Gasteiger partial charge is 0.334 e. The van der Waals surface area contributed by atoms with Crippen molar-refractivity contribution < 1.29 is 13.2 Å². The molecular formula is C21H26N4O4S. The molecular weight excluding hydrogens is 404 g/mol. The second-order valence-corrected chi connectivity index (χ2v) is 10.8. The molecule has 160 valence electrons. The van der Waals surface area contributed by atoms with Gasteiger partial charge in [0, 0.05) is 32.0 Å². The summed E-state index contributed by atoms with van der Waals surface area (Å²) in [5, 5.41) is 4.56. The van der Waals surface area contributed by atoms with Gasteiger partial charge in [-0.15, -0.1) is 0 Å². The van der Waals surface area contributed by atoms with Gasteiger partial charge < -0.3 is 4.90 Å². The molecule has 1 aliphatic carbocycles. The molecule has 0 N–H and O–H groups in total. The molecule has 2 atom stereocenters. The Balaban J connectivity index is 1.30. The number of hydrogen-bond acceptors (Lipinski definition) is 5. The van der Waals surface area contributed by atoms with Crippen LogP contribution in [0.1, 0.15) is 37.9 Å². The van der Waals surface area contributed by atoms with Crippen molar-refractivity contribution in [3.05, 3.63) is 46.6 Å². The van der Waals surface area contributed by atoms with E-state index in [0.717, 1.165) is 31.5 Å². The minimum absolute atomic E-state index is 0.0145. The van der Waals surface area contributed by atoms with Crippen LogP contribution in [0.3, 0.4) is 0 Å². The largest absolute Gasteiger partial charge is 0.345 e. The number of carbonyl (C=O) groups excluding carboxylic acids is 1. The quantitative estimate of drug-likeness (QED) is 0.687. The van der Waals surface area contributed by atoms with Gasteiger partial charge in [0.15, 0.2) is 9.84 Å². The van der Waals surface area contributed by atoms with Crippen LogP contribution in [-0.2, 0) is 34.1 Å². The number of sulfone groups is 1. The van der Waals surface area contributed by atoms with E-state index in [4.69, 9.17) is 0 Å². The number of amides is 1. The van der Waals surface area contributed by atoms with Crippen LogP contribution in [0.25, 0.3) is 0 Å². The van der Waals surface area contributed by atoms with Gasteiger partial charge in [0.2, 0.25) is 5.91 Å². The molecule has 0 spiro atoms. The maximum atomic E-state index is 13.0. The van der Waals surface area contributed by atoms with Crippen molar-refractivity contribution in [1.29, 1.82) is 0 Å². The van der Waals surface area contributed by atoms with Crippen molar-refractivity contribution >= 4 is 15.7 Å². The highest BCUT2D eigenvalue weighted by molar-refractivity contribution is 7.91. The third-order valence-corrected chi connectivity index (χ3v) is 8.27. The average Bonchev–Trinajstić information content (AvgIpc) is 3.43. The van der Waals surface area contributed by atoms with E-state index < -0.39 is 9.84 Å². The van der Waals surface area contributed by atoms with E-state index in [1.807, 2.05) is 4.90 Å². The Kier molecular flexibility index (Phi) is 4.80. The highest BCUT2D eigenvalue weighted by Crippen LogP contribution is 2.32. The van der Waals surface area contributed by atoms with Gasteiger partial charge >= 0.3 is 5.69 Å². The van der Waals surface area contributed by atoms with Gasteiger partial charge in [0.1, 0.15) is 5.82 Å². The Labute approximate surface area is 175 Å². The Morgan fingerprint density at radius 2 is 1.80 bits per heavy atom. The Morgan fingerprint density at radius 3 is 2.53 bits per heavy atom. The monoisotopic (exact) mass is 430 g/mol. The molecule has 0 radical (unpaired) electrons. The van der Waals surface area contributed by atoms with Gasteiger partial charge in [0.05, 0.1) is 16.7 Å². The second kappa shape index (κ2) is 7.37. The highest BCUT2D eigenvalue weighted by Gasteiger charge is 2.41. The molecule has 1 saturated heterocycles. The molecule has 2 aliphatic heterocycles. The lowest BCUT2D eigenvalue weighted by Gasteiger charge is -2.28. The average molecular weight is 431 g/mol. The van der Waals surface area contributed by atoms with Crippen molar-refractivity contribution in [2.75, 3.05) is 5.75 Å². The number of fused-ring (bicyclic) bond motifs is 3. The topological polar surface area (TPSA) is 94.3 Å². The zero-order chi connectivity index (χ0) is 20.9. The molecule has 2 fully saturated rings. The van der Waals surface area contributed by atoms with E-state index in [1.165, 1.54) is 0 Å². The summed E-state index contributed by atoms with van der Waals surface area (Å²) in [5.41, 5.74) is -0.0801. The van der Waals surface area contributed by atoms with E-state index >= 15 is 0 Å². The fourth-order valence-corrected chi connectivity index (χ4v) is 6.00. The van der Waals surface area contributed by atoms with Gasteiger partial charge in [-0.3, -0.25) is 9.36 Å². The molecule has 2 aromatic rings. The molecule has 5 rings (SSSR count). The third kappa shape index (κ3) is 3.59. The molecule has 1 aromatic carbocycles. The third-order valence-electron chi connectivity index (χ3n) is 6.53. The molecule has 3 heterocycles. The van der Waals surface area contributed by atoms with Crippen LogP contribution >= 0.6 is 0 Å². The van der Waals surface area contributed by atoms with Crippen LogP contribution in [0.15, 0.2) is 40.0 Å². The van der Waals surface area contributed by atoms with Crippen molar-refractivity contribution in [2.45, 2.75) is 68.6 Å². The number of nitrogens with zero attached hydrogens (tertiary/aromatic N) is 4. The van der Waals surface area contributed by atoms with E-state index in [2.05, 4.69) is 5.10 Å². The van der Waals surface area contributed by atoms with Gasteiger partial charge in [-0.05, 0) is 43.7 Å². The summed E-state index contributed by atoms with van der Waals surface area (Å²) in [4.78, 5) is 27.9. The summed E-state index contributed by atoms with van der Waals surface area (Å²) >= 11 is 0. The van der Waals surface area contributed by atoms with Crippen molar-refractivity contribution in [2.24, 2.45) is 5.92 Å². The maximum Gasteiger partial charge on any atom is 0.345 e. The lowest BCUT2D eigenvalue weighted by atomic mass is 10.1. The Bertz CT molecular complexity index is 1120. The minimum atomic E-state index is -3.50. The number of benzene rings is 1.